The quantitative estimate of drug-likeness (QED) is 0.831. The lowest BCUT2D eigenvalue weighted by Gasteiger charge is -2.10. The van der Waals surface area contributed by atoms with Gasteiger partial charge in [-0.05, 0) is 42.5 Å². The van der Waals surface area contributed by atoms with Gasteiger partial charge < -0.3 is 10.7 Å². The number of H-pyrrole nitrogens is 1. The van der Waals surface area contributed by atoms with Crippen molar-refractivity contribution in [3.8, 4) is 0 Å². The summed E-state index contributed by atoms with van der Waals surface area (Å²) >= 11 is 6.10. The summed E-state index contributed by atoms with van der Waals surface area (Å²) in [6, 6.07) is 6.05. The highest BCUT2D eigenvalue weighted by Crippen LogP contribution is 2.40. The maximum atomic E-state index is 6.10. The molecule has 0 saturated heterocycles. The van der Waals surface area contributed by atoms with Crippen molar-refractivity contribution in [3.63, 3.8) is 0 Å². The topological polar surface area (TPSA) is 41.8 Å². The van der Waals surface area contributed by atoms with E-state index in [0.29, 0.717) is 12.5 Å². The van der Waals surface area contributed by atoms with Gasteiger partial charge in [-0.3, -0.25) is 0 Å². The van der Waals surface area contributed by atoms with Gasteiger partial charge in [0.2, 0.25) is 0 Å². The molecule has 0 aliphatic heterocycles. The minimum Gasteiger partial charge on any atom is -0.357 e. The third-order valence-electron chi connectivity index (χ3n) is 3.85. The van der Waals surface area contributed by atoms with Crippen LogP contribution in [0.25, 0.3) is 10.9 Å². The highest BCUT2D eigenvalue weighted by atomic mass is 35.5. The molecule has 0 atom stereocenters. The maximum Gasteiger partial charge on any atom is 0.0460 e. The number of fused-ring (bicyclic) bond motifs is 1. The molecule has 1 aromatic carbocycles. The van der Waals surface area contributed by atoms with Crippen molar-refractivity contribution in [2.24, 2.45) is 5.73 Å². The average Bonchev–Trinajstić information content (AvgIpc) is 2.93. The molecule has 0 bridgehead atoms. The largest absolute Gasteiger partial charge is 0.357 e. The summed E-state index contributed by atoms with van der Waals surface area (Å²) in [7, 11) is 0. The van der Waals surface area contributed by atoms with E-state index in [4.69, 9.17) is 17.3 Å². The van der Waals surface area contributed by atoms with Crippen molar-refractivity contribution >= 4 is 22.5 Å². The van der Waals surface area contributed by atoms with Gasteiger partial charge in [0.1, 0.15) is 0 Å². The number of benzene rings is 1. The molecule has 1 fully saturated rings. The Morgan fingerprint density at radius 2 is 2.06 bits per heavy atom. The van der Waals surface area contributed by atoms with Crippen LogP contribution >= 0.6 is 11.6 Å². The standard InChI is InChI=1S/C14H17ClN2/c15-10-5-6-12-11(7-10)14(13(8-16)17-12)9-3-1-2-4-9/h5-7,9,17H,1-4,8,16H2. The van der Waals surface area contributed by atoms with Crippen LogP contribution in [0, 0.1) is 0 Å². The van der Waals surface area contributed by atoms with Crippen molar-refractivity contribution in [3.05, 3.63) is 34.5 Å². The number of hydrogen-bond donors (Lipinski definition) is 2. The Labute approximate surface area is 106 Å². The molecule has 1 aliphatic carbocycles. The third kappa shape index (κ3) is 1.85. The summed E-state index contributed by atoms with van der Waals surface area (Å²) in [5.41, 5.74) is 9.63. The van der Waals surface area contributed by atoms with Gasteiger partial charge in [-0.15, -0.1) is 0 Å². The fourth-order valence-electron chi connectivity index (χ4n) is 3.08. The van der Waals surface area contributed by atoms with Crippen molar-refractivity contribution in [2.45, 2.75) is 38.1 Å². The molecule has 1 saturated carbocycles. The van der Waals surface area contributed by atoms with Gasteiger partial charge in [-0.2, -0.15) is 0 Å². The molecule has 0 radical (unpaired) electrons. The van der Waals surface area contributed by atoms with Crippen molar-refractivity contribution in [2.75, 3.05) is 0 Å². The highest BCUT2D eigenvalue weighted by molar-refractivity contribution is 6.31. The molecule has 1 aliphatic rings. The summed E-state index contributed by atoms with van der Waals surface area (Å²) in [5, 5.41) is 2.07. The van der Waals surface area contributed by atoms with E-state index in [1.54, 1.807) is 0 Å². The zero-order valence-corrected chi connectivity index (χ0v) is 10.6. The van der Waals surface area contributed by atoms with E-state index in [-0.39, 0.29) is 0 Å². The Balaban J connectivity index is 2.20. The van der Waals surface area contributed by atoms with Crippen LogP contribution in [0.1, 0.15) is 42.9 Å². The van der Waals surface area contributed by atoms with Crippen LogP contribution in [0.5, 0.6) is 0 Å². The second kappa shape index (κ2) is 4.35. The molecule has 3 N–H and O–H groups in total. The Morgan fingerprint density at radius 1 is 1.29 bits per heavy atom. The van der Waals surface area contributed by atoms with E-state index < -0.39 is 0 Å². The molecular weight excluding hydrogens is 232 g/mol. The van der Waals surface area contributed by atoms with Gasteiger partial charge in [-0.25, -0.2) is 0 Å². The molecule has 2 aromatic rings. The van der Waals surface area contributed by atoms with Crippen LogP contribution in [0.4, 0.5) is 0 Å². The molecule has 17 heavy (non-hydrogen) atoms. The van der Waals surface area contributed by atoms with Crippen LogP contribution in [-0.4, -0.2) is 4.98 Å². The number of aromatic amines is 1. The van der Waals surface area contributed by atoms with Crippen LogP contribution < -0.4 is 5.73 Å². The predicted octanol–water partition coefficient (Wildman–Crippen LogP) is 3.94. The summed E-state index contributed by atoms with van der Waals surface area (Å²) in [6.45, 7) is 0.581. The van der Waals surface area contributed by atoms with Crippen LogP contribution in [0.2, 0.25) is 5.02 Å². The van der Waals surface area contributed by atoms with Crippen molar-refractivity contribution < 1.29 is 0 Å². The van der Waals surface area contributed by atoms with Gasteiger partial charge in [0.05, 0.1) is 0 Å². The molecule has 0 unspecified atom stereocenters. The fourth-order valence-corrected chi connectivity index (χ4v) is 3.25. The minimum atomic E-state index is 0.581. The van der Waals surface area contributed by atoms with Gasteiger partial charge in [-0.1, -0.05) is 24.4 Å². The van der Waals surface area contributed by atoms with E-state index in [9.17, 15) is 0 Å². The van der Waals surface area contributed by atoms with E-state index in [2.05, 4.69) is 17.1 Å². The molecule has 1 aromatic heterocycles. The van der Waals surface area contributed by atoms with E-state index >= 15 is 0 Å². The Hall–Kier alpha value is -0.990. The number of halogens is 1. The number of nitrogens with two attached hydrogens (primary N) is 1. The highest BCUT2D eigenvalue weighted by Gasteiger charge is 2.23. The lowest BCUT2D eigenvalue weighted by Crippen LogP contribution is -2.03. The van der Waals surface area contributed by atoms with Crippen LogP contribution in [0.15, 0.2) is 18.2 Å². The lowest BCUT2D eigenvalue weighted by molar-refractivity contribution is 0.716. The number of nitrogens with one attached hydrogen (secondary N) is 1. The first kappa shape index (κ1) is 11.1. The monoisotopic (exact) mass is 248 g/mol. The van der Waals surface area contributed by atoms with Gasteiger partial charge in [0.25, 0.3) is 0 Å². The first-order chi connectivity index (χ1) is 8.29. The van der Waals surface area contributed by atoms with E-state index in [1.807, 2.05) is 6.07 Å². The first-order valence-electron chi connectivity index (χ1n) is 6.29. The molecule has 3 heteroatoms. The molecule has 0 spiro atoms. The summed E-state index contributed by atoms with van der Waals surface area (Å²) in [5.74, 6) is 0.667. The summed E-state index contributed by atoms with van der Waals surface area (Å²) in [6.07, 6.45) is 5.24. The smallest absolute Gasteiger partial charge is 0.0460 e. The second-order valence-electron chi connectivity index (χ2n) is 4.89. The maximum absolute atomic E-state index is 6.10. The van der Waals surface area contributed by atoms with E-state index in [0.717, 1.165) is 10.5 Å². The minimum absolute atomic E-state index is 0.581. The van der Waals surface area contributed by atoms with E-state index in [1.165, 1.54) is 42.3 Å². The number of rotatable bonds is 2. The first-order valence-corrected chi connectivity index (χ1v) is 6.67. The fraction of sp³-hybridized carbons (Fsp3) is 0.429. The molecule has 2 nitrogen and oxygen atoms in total. The molecule has 3 rings (SSSR count). The van der Waals surface area contributed by atoms with Gasteiger partial charge >= 0.3 is 0 Å². The second-order valence-corrected chi connectivity index (χ2v) is 5.33. The Bertz CT molecular complexity index is 538. The van der Waals surface area contributed by atoms with Gasteiger partial charge in [0, 0.05) is 28.2 Å². The van der Waals surface area contributed by atoms with Crippen molar-refractivity contribution in [1.82, 2.24) is 4.98 Å². The molecular formula is C14H17ClN2. The van der Waals surface area contributed by atoms with Crippen LogP contribution in [-0.2, 0) is 6.54 Å². The molecule has 90 valence electrons. The van der Waals surface area contributed by atoms with Crippen molar-refractivity contribution in [1.29, 1.82) is 0 Å². The Morgan fingerprint density at radius 3 is 2.76 bits per heavy atom. The summed E-state index contributed by atoms with van der Waals surface area (Å²) in [4.78, 5) is 3.43. The summed E-state index contributed by atoms with van der Waals surface area (Å²) < 4.78 is 0. The molecule has 1 heterocycles. The predicted molar refractivity (Wildman–Crippen MR) is 72.4 cm³/mol. The zero-order chi connectivity index (χ0) is 11.8. The lowest BCUT2D eigenvalue weighted by atomic mass is 9.94. The average molecular weight is 249 g/mol. The zero-order valence-electron chi connectivity index (χ0n) is 9.80. The number of aromatic nitrogens is 1. The van der Waals surface area contributed by atoms with Gasteiger partial charge in [0.15, 0.2) is 0 Å². The normalized spacial score (nSPS) is 17.1. The Kier molecular flexibility index (Phi) is 2.85. The number of hydrogen-bond acceptors (Lipinski definition) is 1. The van der Waals surface area contributed by atoms with Crippen LogP contribution in [0.3, 0.4) is 0 Å². The third-order valence-corrected chi connectivity index (χ3v) is 4.09. The SMILES string of the molecule is NCc1[nH]c2ccc(Cl)cc2c1C1CCCC1. The molecule has 0 amide bonds.